The van der Waals surface area contributed by atoms with Gasteiger partial charge in [0.05, 0.1) is 4.88 Å². The van der Waals surface area contributed by atoms with E-state index in [4.69, 9.17) is 4.42 Å². The molecular weight excluding hydrogens is 354 g/mol. The molecule has 4 rings (SSSR count). The Morgan fingerprint density at radius 2 is 2.00 bits per heavy atom. The van der Waals surface area contributed by atoms with E-state index in [0.717, 1.165) is 21.7 Å². The van der Waals surface area contributed by atoms with Gasteiger partial charge in [-0.3, -0.25) is 9.59 Å². The Morgan fingerprint density at radius 1 is 1.19 bits per heavy atom. The van der Waals surface area contributed by atoms with Crippen LogP contribution in [0.4, 0.5) is 5.69 Å². The summed E-state index contributed by atoms with van der Waals surface area (Å²) >= 11 is 1.40. The number of hydrogen-bond donors (Lipinski definition) is 0. The van der Waals surface area contributed by atoms with Gasteiger partial charge in [-0.1, -0.05) is 6.07 Å². The van der Waals surface area contributed by atoms with Crippen LogP contribution in [0.15, 0.2) is 51.0 Å². The zero-order valence-electron chi connectivity index (χ0n) is 13.8. The molecule has 0 bridgehead atoms. The highest BCUT2D eigenvalue weighted by Crippen LogP contribution is 2.22. The van der Waals surface area contributed by atoms with Crippen LogP contribution in [0.2, 0.25) is 0 Å². The molecule has 1 aliphatic rings. The zero-order valence-corrected chi connectivity index (χ0v) is 14.6. The van der Waals surface area contributed by atoms with Crippen molar-refractivity contribution >= 4 is 28.7 Å². The Balaban J connectivity index is 1.50. The molecule has 132 valence electrons. The highest BCUT2D eigenvalue weighted by molar-refractivity contribution is 7.13. The van der Waals surface area contributed by atoms with Gasteiger partial charge in [0.1, 0.15) is 6.54 Å². The van der Waals surface area contributed by atoms with Crippen molar-refractivity contribution in [3.05, 3.63) is 57.9 Å². The molecule has 7 nitrogen and oxygen atoms in total. The van der Waals surface area contributed by atoms with E-state index in [-0.39, 0.29) is 24.1 Å². The Bertz CT molecular complexity index is 1000. The Morgan fingerprint density at radius 3 is 2.65 bits per heavy atom. The molecule has 0 spiro atoms. The van der Waals surface area contributed by atoms with Gasteiger partial charge in [-0.2, -0.15) is 4.68 Å². The third-order valence-corrected chi connectivity index (χ3v) is 5.06. The number of amides is 1. The van der Waals surface area contributed by atoms with Crippen molar-refractivity contribution < 1.29 is 14.0 Å². The van der Waals surface area contributed by atoms with Gasteiger partial charge in [0.15, 0.2) is 5.78 Å². The fourth-order valence-corrected chi connectivity index (χ4v) is 3.53. The van der Waals surface area contributed by atoms with Crippen LogP contribution in [-0.4, -0.2) is 28.0 Å². The largest absolute Gasteiger partial charge is 0.437 e. The summed E-state index contributed by atoms with van der Waals surface area (Å²) in [4.78, 5) is 38.6. The lowest BCUT2D eigenvalue weighted by molar-refractivity contribution is -0.117. The lowest BCUT2D eigenvalue weighted by Crippen LogP contribution is -2.24. The molecule has 0 saturated carbocycles. The lowest BCUT2D eigenvalue weighted by atomic mass is 10.1. The summed E-state index contributed by atoms with van der Waals surface area (Å²) in [7, 11) is 0. The Hall–Kier alpha value is -3.00. The fourth-order valence-electron chi connectivity index (χ4n) is 2.88. The Kier molecular flexibility index (Phi) is 4.26. The summed E-state index contributed by atoms with van der Waals surface area (Å²) in [5.41, 5.74) is 1.23. The minimum Gasteiger partial charge on any atom is -0.387 e. The molecule has 2 aromatic heterocycles. The summed E-state index contributed by atoms with van der Waals surface area (Å²) < 4.78 is 6.13. The average Bonchev–Trinajstić information content (AvgIpc) is 3.37. The van der Waals surface area contributed by atoms with E-state index in [1.165, 1.54) is 11.3 Å². The van der Waals surface area contributed by atoms with Crippen molar-refractivity contribution in [3.8, 4) is 10.8 Å². The number of thiophene rings is 1. The van der Waals surface area contributed by atoms with Gasteiger partial charge >= 0.3 is 5.76 Å². The molecule has 1 aromatic carbocycles. The number of nitrogens with zero attached hydrogens (tertiary/aromatic N) is 3. The van der Waals surface area contributed by atoms with Crippen molar-refractivity contribution in [2.45, 2.75) is 19.4 Å². The van der Waals surface area contributed by atoms with Gasteiger partial charge in [0.2, 0.25) is 5.91 Å². The second kappa shape index (κ2) is 6.72. The molecule has 3 aromatic rings. The van der Waals surface area contributed by atoms with Crippen LogP contribution in [0, 0.1) is 0 Å². The molecule has 26 heavy (non-hydrogen) atoms. The smallest absolute Gasteiger partial charge is 0.387 e. The van der Waals surface area contributed by atoms with Crippen LogP contribution in [0.3, 0.4) is 0 Å². The van der Waals surface area contributed by atoms with Gasteiger partial charge in [0.25, 0.3) is 5.89 Å². The molecule has 3 heterocycles. The molecule has 0 unspecified atom stereocenters. The van der Waals surface area contributed by atoms with Crippen molar-refractivity contribution in [2.75, 3.05) is 11.4 Å². The first-order valence-electron chi connectivity index (χ1n) is 8.17. The van der Waals surface area contributed by atoms with E-state index in [1.807, 2.05) is 11.4 Å². The van der Waals surface area contributed by atoms with Gasteiger partial charge in [-0.15, -0.1) is 16.4 Å². The number of aromatic nitrogens is 2. The van der Waals surface area contributed by atoms with Crippen molar-refractivity contribution in [1.29, 1.82) is 0 Å². The molecule has 1 saturated heterocycles. The molecule has 8 heteroatoms. The fraction of sp³-hybridized carbons (Fsp3) is 0.222. The molecule has 1 fully saturated rings. The van der Waals surface area contributed by atoms with Crippen LogP contribution < -0.4 is 10.7 Å². The molecule has 1 aliphatic heterocycles. The van der Waals surface area contributed by atoms with E-state index < -0.39 is 5.76 Å². The van der Waals surface area contributed by atoms with Gasteiger partial charge < -0.3 is 9.32 Å². The first kappa shape index (κ1) is 16.5. The van der Waals surface area contributed by atoms with Crippen molar-refractivity contribution in [2.24, 2.45) is 0 Å². The standard InChI is InChI=1S/C18H15N3O4S/c22-14(11-21-18(24)25-17(19-21)15-3-2-10-26-15)12-5-7-13(8-6-12)20-9-1-4-16(20)23/h2-3,5-8,10H,1,4,9,11H2. The van der Waals surface area contributed by atoms with E-state index >= 15 is 0 Å². The maximum atomic E-state index is 12.4. The monoisotopic (exact) mass is 369 g/mol. The van der Waals surface area contributed by atoms with E-state index in [0.29, 0.717) is 18.5 Å². The van der Waals surface area contributed by atoms with E-state index in [1.54, 1.807) is 35.2 Å². The predicted octanol–water partition coefficient (Wildman–Crippen LogP) is 2.57. The summed E-state index contributed by atoms with van der Waals surface area (Å²) in [5, 5.41) is 5.94. The van der Waals surface area contributed by atoms with Crippen molar-refractivity contribution in [1.82, 2.24) is 9.78 Å². The van der Waals surface area contributed by atoms with E-state index in [2.05, 4.69) is 5.10 Å². The second-order valence-corrected chi connectivity index (χ2v) is 6.87. The quantitative estimate of drug-likeness (QED) is 0.645. The van der Waals surface area contributed by atoms with Crippen LogP contribution in [0.5, 0.6) is 0 Å². The number of carbonyl (C=O) groups excluding carboxylic acids is 2. The minimum absolute atomic E-state index is 0.0966. The minimum atomic E-state index is -0.666. The number of benzene rings is 1. The molecule has 0 N–H and O–H groups in total. The predicted molar refractivity (Wildman–Crippen MR) is 96.4 cm³/mol. The van der Waals surface area contributed by atoms with Crippen LogP contribution in [0.25, 0.3) is 10.8 Å². The van der Waals surface area contributed by atoms with Crippen molar-refractivity contribution in [3.63, 3.8) is 0 Å². The zero-order chi connectivity index (χ0) is 18.1. The maximum Gasteiger partial charge on any atom is 0.437 e. The number of carbonyl (C=O) groups is 2. The molecular formula is C18H15N3O4S. The Labute approximate surface area is 152 Å². The molecule has 0 radical (unpaired) electrons. The summed E-state index contributed by atoms with van der Waals surface area (Å²) in [6, 6.07) is 10.4. The number of rotatable bonds is 5. The molecule has 0 atom stereocenters. The SMILES string of the molecule is O=C(Cn1nc(-c2cccs2)oc1=O)c1ccc(N2CCCC2=O)cc1. The maximum absolute atomic E-state index is 12.4. The number of hydrogen-bond acceptors (Lipinski definition) is 6. The number of anilines is 1. The number of Topliss-reactive ketones (excluding diaryl/α,β-unsaturated/α-hetero) is 1. The van der Waals surface area contributed by atoms with Crippen LogP contribution in [-0.2, 0) is 11.3 Å². The first-order chi connectivity index (χ1) is 12.6. The third-order valence-electron chi connectivity index (χ3n) is 4.21. The third kappa shape index (κ3) is 3.11. The van der Waals surface area contributed by atoms with Gasteiger partial charge in [-0.05, 0) is 42.1 Å². The van der Waals surface area contributed by atoms with Crippen LogP contribution >= 0.6 is 11.3 Å². The van der Waals surface area contributed by atoms with E-state index in [9.17, 15) is 14.4 Å². The second-order valence-electron chi connectivity index (χ2n) is 5.93. The highest BCUT2D eigenvalue weighted by Gasteiger charge is 2.22. The van der Waals surface area contributed by atoms with Gasteiger partial charge in [0, 0.05) is 24.2 Å². The molecule has 0 aliphatic carbocycles. The van der Waals surface area contributed by atoms with Crippen LogP contribution in [0.1, 0.15) is 23.2 Å². The molecule has 1 amide bonds. The summed E-state index contributed by atoms with van der Waals surface area (Å²) in [6.45, 7) is 0.502. The summed E-state index contributed by atoms with van der Waals surface area (Å²) in [6.07, 6.45) is 1.41. The first-order valence-corrected chi connectivity index (χ1v) is 9.05. The number of ketones is 1. The average molecular weight is 369 g/mol. The lowest BCUT2D eigenvalue weighted by Gasteiger charge is -2.15. The highest BCUT2D eigenvalue weighted by atomic mass is 32.1. The van der Waals surface area contributed by atoms with Gasteiger partial charge in [-0.25, -0.2) is 4.79 Å². The normalized spacial score (nSPS) is 14.2. The summed E-state index contributed by atoms with van der Waals surface area (Å²) in [5.74, 6) is -0.613. The topological polar surface area (TPSA) is 85.4 Å².